The van der Waals surface area contributed by atoms with Crippen molar-refractivity contribution < 1.29 is 14.3 Å². The van der Waals surface area contributed by atoms with Crippen molar-refractivity contribution in [2.75, 3.05) is 6.79 Å². The average molecular weight is 246 g/mol. The fourth-order valence-corrected chi connectivity index (χ4v) is 1.89. The van der Waals surface area contributed by atoms with Gasteiger partial charge >= 0.3 is 0 Å². The van der Waals surface area contributed by atoms with Gasteiger partial charge in [0.1, 0.15) is 5.69 Å². The van der Waals surface area contributed by atoms with E-state index >= 15 is 0 Å². The average Bonchev–Trinajstić information content (AvgIpc) is 2.94. The maximum Gasteiger partial charge on any atom is 0.271 e. The molecule has 0 fully saturated rings. The topological polar surface area (TPSA) is 103 Å². The number of H-pyrrole nitrogens is 1. The molecule has 0 radical (unpaired) electrons. The maximum absolute atomic E-state index is 11.2. The minimum atomic E-state index is -0.629. The number of benzene rings is 1. The summed E-state index contributed by atoms with van der Waals surface area (Å²) in [7, 11) is 0. The highest BCUT2D eigenvalue weighted by Crippen LogP contribution is 2.38. The Kier molecular flexibility index (Phi) is 2.19. The Hall–Kier alpha value is -2.57. The minimum Gasteiger partial charge on any atom is -0.454 e. The number of rotatable bonds is 2. The first-order valence-corrected chi connectivity index (χ1v) is 5.28. The van der Waals surface area contributed by atoms with Gasteiger partial charge in [-0.15, -0.1) is 0 Å². The van der Waals surface area contributed by atoms with Crippen LogP contribution in [0.4, 0.5) is 0 Å². The maximum atomic E-state index is 11.2. The van der Waals surface area contributed by atoms with Crippen LogP contribution in [0, 0.1) is 6.92 Å². The van der Waals surface area contributed by atoms with Gasteiger partial charge in [0.15, 0.2) is 17.2 Å². The third-order valence-corrected chi connectivity index (χ3v) is 2.76. The highest BCUT2D eigenvalue weighted by molar-refractivity contribution is 5.97. The SMILES string of the molecule is Cc1cc2c(cc1-c1n[nH]nc1C(N)=O)OCO2. The zero-order valence-corrected chi connectivity index (χ0v) is 9.56. The number of aromatic nitrogens is 3. The zero-order chi connectivity index (χ0) is 12.7. The number of aryl methyl sites for hydroxylation is 1. The van der Waals surface area contributed by atoms with E-state index < -0.39 is 5.91 Å². The van der Waals surface area contributed by atoms with E-state index in [1.807, 2.05) is 13.0 Å². The fourth-order valence-electron chi connectivity index (χ4n) is 1.89. The molecule has 2 heterocycles. The normalized spacial score (nSPS) is 12.7. The number of nitrogens with one attached hydrogen (secondary N) is 1. The summed E-state index contributed by atoms with van der Waals surface area (Å²) < 4.78 is 10.6. The number of ether oxygens (including phenoxy) is 2. The molecule has 1 amide bonds. The predicted octanol–water partition coefficient (Wildman–Crippen LogP) is 0.608. The highest BCUT2D eigenvalue weighted by Gasteiger charge is 2.21. The number of nitrogens with zero attached hydrogens (tertiary/aromatic N) is 2. The van der Waals surface area contributed by atoms with Crippen LogP contribution >= 0.6 is 0 Å². The number of hydrogen-bond acceptors (Lipinski definition) is 5. The molecule has 0 aliphatic carbocycles. The molecule has 1 aliphatic rings. The standard InChI is InChI=1S/C11H10N4O3/c1-5-2-7-8(18-4-17-7)3-6(5)9-10(11(12)16)14-15-13-9/h2-3H,4H2,1H3,(H2,12,16)(H,13,14,15). The molecular weight excluding hydrogens is 236 g/mol. The Labute approximate surface area is 102 Å². The molecule has 1 aromatic heterocycles. The van der Waals surface area contributed by atoms with Gasteiger partial charge in [0.25, 0.3) is 5.91 Å². The molecule has 1 aromatic carbocycles. The lowest BCUT2D eigenvalue weighted by Crippen LogP contribution is -2.13. The van der Waals surface area contributed by atoms with Crippen molar-refractivity contribution in [3.63, 3.8) is 0 Å². The van der Waals surface area contributed by atoms with Crippen LogP contribution in [0.1, 0.15) is 16.1 Å². The van der Waals surface area contributed by atoms with Gasteiger partial charge in [-0.05, 0) is 24.6 Å². The Balaban J connectivity index is 2.17. The number of primary amides is 1. The van der Waals surface area contributed by atoms with Gasteiger partial charge in [0.05, 0.1) is 0 Å². The van der Waals surface area contributed by atoms with Gasteiger partial charge in [0.2, 0.25) is 6.79 Å². The summed E-state index contributed by atoms with van der Waals surface area (Å²) in [5.74, 6) is 0.671. The monoisotopic (exact) mass is 246 g/mol. The molecule has 0 unspecified atom stereocenters. The largest absolute Gasteiger partial charge is 0.454 e. The Bertz CT molecular complexity index is 635. The molecule has 92 valence electrons. The van der Waals surface area contributed by atoms with Crippen molar-refractivity contribution in [2.24, 2.45) is 5.73 Å². The minimum absolute atomic E-state index is 0.108. The molecule has 0 saturated carbocycles. The Morgan fingerprint density at radius 2 is 2.06 bits per heavy atom. The Morgan fingerprint density at radius 3 is 2.78 bits per heavy atom. The molecule has 2 aromatic rings. The van der Waals surface area contributed by atoms with E-state index in [4.69, 9.17) is 15.2 Å². The summed E-state index contributed by atoms with van der Waals surface area (Å²) in [4.78, 5) is 11.2. The van der Waals surface area contributed by atoms with Crippen LogP contribution in [0.25, 0.3) is 11.3 Å². The fraction of sp³-hybridized carbons (Fsp3) is 0.182. The van der Waals surface area contributed by atoms with Gasteiger partial charge in [-0.25, -0.2) is 0 Å². The second-order valence-corrected chi connectivity index (χ2v) is 3.91. The molecule has 0 spiro atoms. The second kappa shape index (κ2) is 3.73. The van der Waals surface area contributed by atoms with Crippen LogP contribution in [-0.4, -0.2) is 28.1 Å². The molecule has 0 atom stereocenters. The van der Waals surface area contributed by atoms with Gasteiger partial charge in [-0.3, -0.25) is 4.79 Å². The third-order valence-electron chi connectivity index (χ3n) is 2.76. The third kappa shape index (κ3) is 1.48. The first kappa shape index (κ1) is 10.6. The summed E-state index contributed by atoms with van der Waals surface area (Å²) in [6, 6.07) is 3.60. The molecule has 0 bridgehead atoms. The molecule has 18 heavy (non-hydrogen) atoms. The van der Waals surface area contributed by atoms with E-state index in [0.717, 1.165) is 11.1 Å². The van der Waals surface area contributed by atoms with Crippen LogP contribution in [0.3, 0.4) is 0 Å². The van der Waals surface area contributed by atoms with Crippen molar-refractivity contribution >= 4 is 5.91 Å². The lowest BCUT2D eigenvalue weighted by Gasteiger charge is -2.05. The number of carbonyl (C=O) groups is 1. The van der Waals surface area contributed by atoms with Crippen LogP contribution in [0.15, 0.2) is 12.1 Å². The van der Waals surface area contributed by atoms with E-state index in [2.05, 4.69) is 15.4 Å². The number of aromatic amines is 1. The van der Waals surface area contributed by atoms with E-state index in [0.29, 0.717) is 17.2 Å². The highest BCUT2D eigenvalue weighted by atomic mass is 16.7. The number of amides is 1. The quantitative estimate of drug-likeness (QED) is 0.807. The number of carbonyl (C=O) groups excluding carboxylic acids is 1. The van der Waals surface area contributed by atoms with Crippen molar-refractivity contribution in [3.05, 3.63) is 23.4 Å². The van der Waals surface area contributed by atoms with Gasteiger partial charge in [-0.1, -0.05) is 0 Å². The predicted molar refractivity (Wildman–Crippen MR) is 61.2 cm³/mol. The first-order chi connectivity index (χ1) is 8.66. The van der Waals surface area contributed by atoms with E-state index in [-0.39, 0.29) is 12.5 Å². The van der Waals surface area contributed by atoms with Crippen molar-refractivity contribution in [1.82, 2.24) is 15.4 Å². The van der Waals surface area contributed by atoms with Crippen LogP contribution in [0.5, 0.6) is 11.5 Å². The van der Waals surface area contributed by atoms with Crippen LogP contribution < -0.4 is 15.2 Å². The molecule has 7 heteroatoms. The van der Waals surface area contributed by atoms with Crippen molar-refractivity contribution in [2.45, 2.75) is 6.92 Å². The molecule has 1 aliphatic heterocycles. The van der Waals surface area contributed by atoms with E-state index in [1.165, 1.54) is 0 Å². The molecule has 3 N–H and O–H groups in total. The Morgan fingerprint density at radius 1 is 1.33 bits per heavy atom. The molecule has 3 rings (SSSR count). The molecular formula is C11H10N4O3. The van der Waals surface area contributed by atoms with Gasteiger partial charge in [-0.2, -0.15) is 15.4 Å². The summed E-state index contributed by atoms with van der Waals surface area (Å²) >= 11 is 0. The van der Waals surface area contributed by atoms with Crippen molar-refractivity contribution in [1.29, 1.82) is 0 Å². The molecule has 0 saturated heterocycles. The summed E-state index contributed by atoms with van der Waals surface area (Å²) in [6.07, 6.45) is 0. The number of nitrogens with two attached hydrogens (primary N) is 1. The second-order valence-electron chi connectivity index (χ2n) is 3.91. The lowest BCUT2D eigenvalue weighted by atomic mass is 10.0. The summed E-state index contributed by atoms with van der Waals surface area (Å²) in [5, 5.41) is 10.1. The number of hydrogen-bond donors (Lipinski definition) is 2. The summed E-state index contributed by atoms with van der Waals surface area (Å²) in [5.41, 5.74) is 7.40. The van der Waals surface area contributed by atoms with Crippen LogP contribution in [0.2, 0.25) is 0 Å². The summed E-state index contributed by atoms with van der Waals surface area (Å²) in [6.45, 7) is 2.08. The smallest absolute Gasteiger partial charge is 0.271 e. The van der Waals surface area contributed by atoms with Crippen LogP contribution in [-0.2, 0) is 0 Å². The molecule has 7 nitrogen and oxygen atoms in total. The first-order valence-electron chi connectivity index (χ1n) is 5.28. The van der Waals surface area contributed by atoms with E-state index in [9.17, 15) is 4.79 Å². The van der Waals surface area contributed by atoms with E-state index in [1.54, 1.807) is 6.07 Å². The van der Waals surface area contributed by atoms with Gasteiger partial charge in [0, 0.05) is 5.56 Å². The number of fused-ring (bicyclic) bond motifs is 1. The zero-order valence-electron chi connectivity index (χ0n) is 9.56. The lowest BCUT2D eigenvalue weighted by molar-refractivity contribution is 0.0996. The van der Waals surface area contributed by atoms with Crippen molar-refractivity contribution in [3.8, 4) is 22.8 Å². The van der Waals surface area contributed by atoms with Gasteiger partial charge < -0.3 is 15.2 Å².